The molecular formula is C6H6Cl2O4. The van der Waals surface area contributed by atoms with Crippen LogP contribution in [0.3, 0.4) is 0 Å². The maximum absolute atomic E-state index is 10.7. The number of carboxylic acid groups (broad SMARTS) is 1. The summed E-state index contributed by atoms with van der Waals surface area (Å²) in [6.07, 6.45) is 0.531. The fraction of sp³-hybridized carbons (Fsp3) is 0.333. The average Bonchev–Trinajstić information content (AvgIpc) is 1.84. The van der Waals surface area contributed by atoms with E-state index in [0.717, 1.165) is 0 Å². The zero-order valence-corrected chi connectivity index (χ0v) is 7.59. The van der Waals surface area contributed by atoms with Crippen molar-refractivity contribution < 1.29 is 19.4 Å². The minimum absolute atomic E-state index is 0.519. The molecule has 0 saturated carbocycles. The first-order valence-electron chi connectivity index (χ1n) is 2.88. The lowest BCUT2D eigenvalue weighted by molar-refractivity contribution is -0.140. The second kappa shape index (κ2) is 5.00. The van der Waals surface area contributed by atoms with E-state index >= 15 is 0 Å². The van der Waals surface area contributed by atoms with Gasteiger partial charge in [0.2, 0.25) is 0 Å². The molecular weight excluding hydrogens is 207 g/mol. The van der Waals surface area contributed by atoms with Crippen LogP contribution in [0.2, 0.25) is 0 Å². The molecule has 6 heteroatoms. The molecule has 0 radical (unpaired) electrons. The van der Waals surface area contributed by atoms with Crippen LogP contribution >= 0.6 is 23.2 Å². The van der Waals surface area contributed by atoms with Crippen molar-refractivity contribution in [2.45, 2.75) is 12.5 Å². The quantitative estimate of drug-likeness (QED) is 0.436. The third kappa shape index (κ3) is 4.98. The predicted molar refractivity (Wildman–Crippen MR) is 43.0 cm³/mol. The van der Waals surface area contributed by atoms with Crippen molar-refractivity contribution in [2.24, 2.45) is 0 Å². The first-order valence-corrected chi connectivity index (χ1v) is 3.70. The molecule has 12 heavy (non-hydrogen) atoms. The molecule has 0 aliphatic heterocycles. The van der Waals surface area contributed by atoms with Gasteiger partial charge in [-0.15, -0.1) is 0 Å². The Morgan fingerprint density at radius 1 is 1.58 bits per heavy atom. The van der Waals surface area contributed by atoms with Gasteiger partial charge in [0.25, 0.3) is 0 Å². The highest BCUT2D eigenvalue weighted by molar-refractivity contribution is 6.42. The van der Waals surface area contributed by atoms with E-state index in [4.69, 9.17) is 28.3 Å². The molecule has 0 fully saturated rings. The Kier molecular flexibility index (Phi) is 4.70. The maximum atomic E-state index is 10.7. The summed E-state index contributed by atoms with van der Waals surface area (Å²) < 4.78 is 4.38. The molecule has 68 valence electrons. The number of hydrogen-bond acceptors (Lipinski definition) is 3. The summed E-state index contributed by atoms with van der Waals surface area (Å²) in [6.45, 7) is 1.41. The monoisotopic (exact) mass is 212 g/mol. The van der Waals surface area contributed by atoms with E-state index in [0.29, 0.717) is 6.08 Å². The van der Waals surface area contributed by atoms with Gasteiger partial charge < -0.3 is 9.84 Å². The summed E-state index contributed by atoms with van der Waals surface area (Å²) >= 11 is 10.5. The minimum Gasteiger partial charge on any atom is -0.478 e. The third-order valence-electron chi connectivity index (χ3n) is 0.715. The number of halogens is 2. The van der Waals surface area contributed by atoms with Crippen LogP contribution in [-0.2, 0) is 14.3 Å². The Balaban J connectivity index is 4.20. The first-order chi connectivity index (χ1) is 5.43. The summed E-state index contributed by atoms with van der Waals surface area (Å²) in [5.74, 6) is -2.28. The van der Waals surface area contributed by atoms with Gasteiger partial charge in [0.15, 0.2) is 5.56 Å². The van der Waals surface area contributed by atoms with Gasteiger partial charge in [-0.3, -0.25) is 0 Å². The van der Waals surface area contributed by atoms with E-state index in [1.165, 1.54) is 6.92 Å². The molecule has 0 heterocycles. The summed E-state index contributed by atoms with van der Waals surface area (Å²) in [4.78, 5) is 20.7. The van der Waals surface area contributed by atoms with Gasteiger partial charge in [0.1, 0.15) is 5.03 Å². The Bertz CT molecular complexity index is 222. The maximum Gasteiger partial charge on any atom is 0.351 e. The second-order valence-electron chi connectivity index (χ2n) is 1.78. The van der Waals surface area contributed by atoms with Crippen molar-refractivity contribution in [1.29, 1.82) is 0 Å². The molecule has 1 unspecified atom stereocenters. The van der Waals surface area contributed by atoms with Crippen molar-refractivity contribution >= 4 is 35.1 Å². The number of carboxylic acids is 1. The number of rotatable bonds is 3. The van der Waals surface area contributed by atoms with Crippen LogP contribution in [-0.4, -0.2) is 22.6 Å². The fourth-order valence-corrected chi connectivity index (χ4v) is 0.590. The summed E-state index contributed by atoms with van der Waals surface area (Å²) in [5.41, 5.74) is -0.839. The van der Waals surface area contributed by atoms with Gasteiger partial charge >= 0.3 is 11.9 Å². The highest BCUT2D eigenvalue weighted by atomic mass is 35.5. The van der Waals surface area contributed by atoms with Gasteiger partial charge in [-0.2, -0.15) is 0 Å². The zero-order chi connectivity index (χ0) is 9.72. The molecule has 0 rings (SSSR count). The van der Waals surface area contributed by atoms with E-state index in [1.54, 1.807) is 0 Å². The van der Waals surface area contributed by atoms with E-state index in [9.17, 15) is 9.59 Å². The SMILES string of the molecule is CC(Cl)OC(=O)/C(Cl)=C/C(=O)O. The lowest BCUT2D eigenvalue weighted by Gasteiger charge is -2.03. The van der Waals surface area contributed by atoms with Crippen LogP contribution < -0.4 is 0 Å². The second-order valence-corrected chi connectivity index (χ2v) is 2.80. The van der Waals surface area contributed by atoms with Crippen LogP contribution in [0.5, 0.6) is 0 Å². The number of hydrogen-bond donors (Lipinski definition) is 1. The van der Waals surface area contributed by atoms with E-state index in [-0.39, 0.29) is 0 Å². The molecule has 0 aliphatic carbocycles. The molecule has 4 nitrogen and oxygen atoms in total. The molecule has 0 aromatic rings. The van der Waals surface area contributed by atoms with Crippen LogP contribution in [0.25, 0.3) is 0 Å². The van der Waals surface area contributed by atoms with Gasteiger partial charge in [-0.25, -0.2) is 9.59 Å². The van der Waals surface area contributed by atoms with Crippen molar-refractivity contribution in [3.63, 3.8) is 0 Å². The number of ether oxygens (including phenoxy) is 1. The molecule has 0 bridgehead atoms. The number of alkyl halides is 1. The van der Waals surface area contributed by atoms with Gasteiger partial charge in [-0.1, -0.05) is 23.2 Å². The standard InChI is InChI=1S/C6H6Cl2O4/c1-3(7)12-6(11)4(8)2-5(9)10/h2-3H,1H3,(H,9,10)/b4-2-. The summed E-state index contributed by atoms with van der Waals surface area (Å²) in [7, 11) is 0. The average molecular weight is 213 g/mol. The zero-order valence-electron chi connectivity index (χ0n) is 6.08. The van der Waals surface area contributed by atoms with Crippen LogP contribution in [0.1, 0.15) is 6.92 Å². The van der Waals surface area contributed by atoms with Gasteiger partial charge in [-0.05, 0) is 6.92 Å². The first kappa shape index (κ1) is 11.3. The van der Waals surface area contributed by atoms with Crippen molar-refractivity contribution in [2.75, 3.05) is 0 Å². The topological polar surface area (TPSA) is 63.6 Å². The number of esters is 1. The lowest BCUT2D eigenvalue weighted by Crippen LogP contribution is -2.10. The molecule has 0 aromatic carbocycles. The number of aliphatic carboxylic acids is 1. The summed E-state index contributed by atoms with van der Waals surface area (Å²) in [5, 5.41) is 7.65. The van der Waals surface area contributed by atoms with Crippen LogP contribution in [0.15, 0.2) is 11.1 Å². The van der Waals surface area contributed by atoms with Gasteiger partial charge in [0, 0.05) is 6.08 Å². The molecule has 0 spiro atoms. The minimum atomic E-state index is -1.32. The molecule has 0 aromatic heterocycles. The van der Waals surface area contributed by atoms with E-state index < -0.39 is 22.5 Å². The van der Waals surface area contributed by atoms with Crippen molar-refractivity contribution in [3.05, 3.63) is 11.1 Å². The van der Waals surface area contributed by atoms with E-state index in [2.05, 4.69) is 4.74 Å². The lowest BCUT2D eigenvalue weighted by atomic mass is 10.5. The van der Waals surface area contributed by atoms with Crippen molar-refractivity contribution in [3.8, 4) is 0 Å². The molecule has 0 amide bonds. The normalized spacial score (nSPS) is 13.8. The molecule has 0 aliphatic rings. The van der Waals surface area contributed by atoms with Crippen molar-refractivity contribution in [1.82, 2.24) is 0 Å². The third-order valence-corrected chi connectivity index (χ3v) is 1.07. The molecule has 1 atom stereocenters. The van der Waals surface area contributed by atoms with Crippen LogP contribution in [0.4, 0.5) is 0 Å². The highest BCUT2D eigenvalue weighted by Gasteiger charge is 2.12. The Morgan fingerprint density at radius 2 is 2.08 bits per heavy atom. The summed E-state index contributed by atoms with van der Waals surface area (Å²) in [6, 6.07) is 0. The predicted octanol–water partition coefficient (Wildman–Crippen LogP) is 1.32. The Labute approximate surface area is 78.7 Å². The smallest absolute Gasteiger partial charge is 0.351 e. The highest BCUT2D eigenvalue weighted by Crippen LogP contribution is 2.07. The van der Waals surface area contributed by atoms with Crippen LogP contribution in [0, 0.1) is 0 Å². The fourth-order valence-electron chi connectivity index (χ4n) is 0.371. The Hall–Kier alpha value is -0.740. The molecule has 0 saturated heterocycles. The number of carbonyl (C=O) groups excluding carboxylic acids is 1. The Morgan fingerprint density at radius 3 is 2.42 bits per heavy atom. The number of carbonyl (C=O) groups is 2. The van der Waals surface area contributed by atoms with Gasteiger partial charge in [0.05, 0.1) is 0 Å². The molecule has 1 N–H and O–H groups in total. The van der Waals surface area contributed by atoms with E-state index in [1.807, 2.05) is 0 Å². The largest absolute Gasteiger partial charge is 0.478 e.